The Hall–Kier alpha value is -3.72. The van der Waals surface area contributed by atoms with Crippen LogP contribution < -0.4 is 9.62 Å². The molecule has 3 rings (SSSR count). The molecule has 0 aliphatic rings. The van der Waals surface area contributed by atoms with E-state index in [1.54, 1.807) is 19.1 Å². The van der Waals surface area contributed by atoms with Crippen molar-refractivity contribution in [3.8, 4) is 0 Å². The van der Waals surface area contributed by atoms with Gasteiger partial charge in [0, 0.05) is 13.1 Å². The van der Waals surface area contributed by atoms with Gasteiger partial charge < -0.3 is 10.2 Å². The highest BCUT2D eigenvalue weighted by molar-refractivity contribution is 7.92. The molecule has 38 heavy (non-hydrogen) atoms. The molecular weight excluding hydrogens is 505 g/mol. The molecule has 0 heterocycles. The fraction of sp³-hybridized carbons (Fsp3) is 0.310. The van der Waals surface area contributed by atoms with Gasteiger partial charge in [0.2, 0.25) is 11.8 Å². The Kier molecular flexibility index (Phi) is 10.0. The molecular formula is C29H34FN3O4S. The highest BCUT2D eigenvalue weighted by Gasteiger charge is 2.33. The summed E-state index contributed by atoms with van der Waals surface area (Å²) in [6.45, 7) is 5.31. The Morgan fingerprint density at radius 1 is 0.947 bits per heavy atom. The van der Waals surface area contributed by atoms with Gasteiger partial charge >= 0.3 is 0 Å². The first-order valence-electron chi connectivity index (χ1n) is 12.6. The van der Waals surface area contributed by atoms with Crippen molar-refractivity contribution in [2.24, 2.45) is 0 Å². The normalized spacial score (nSPS) is 12.0. The highest BCUT2D eigenvalue weighted by atomic mass is 32.2. The summed E-state index contributed by atoms with van der Waals surface area (Å²) < 4.78 is 43.1. The van der Waals surface area contributed by atoms with Gasteiger partial charge in [-0.3, -0.25) is 13.9 Å². The number of benzene rings is 3. The number of anilines is 1. The van der Waals surface area contributed by atoms with Crippen LogP contribution in [0.15, 0.2) is 83.8 Å². The van der Waals surface area contributed by atoms with E-state index in [1.807, 2.05) is 44.2 Å². The van der Waals surface area contributed by atoms with E-state index in [-0.39, 0.29) is 23.0 Å². The fourth-order valence-corrected chi connectivity index (χ4v) is 5.39. The molecule has 7 nitrogen and oxygen atoms in total. The molecule has 0 saturated carbocycles. The molecule has 3 aromatic carbocycles. The van der Waals surface area contributed by atoms with E-state index in [9.17, 15) is 22.4 Å². The Balaban J connectivity index is 1.97. The summed E-state index contributed by atoms with van der Waals surface area (Å²) in [7, 11) is -4.30. The lowest BCUT2D eigenvalue weighted by atomic mass is 10.1. The number of hydrogen-bond donors (Lipinski definition) is 1. The first-order chi connectivity index (χ1) is 18.1. The van der Waals surface area contributed by atoms with Gasteiger partial charge in [0.05, 0.1) is 10.6 Å². The zero-order chi connectivity index (χ0) is 27.7. The lowest BCUT2D eigenvalue weighted by molar-refractivity contribution is -0.138. The Morgan fingerprint density at radius 3 is 2.21 bits per heavy atom. The molecule has 1 atom stereocenters. The average Bonchev–Trinajstić information content (AvgIpc) is 2.91. The molecule has 0 radical (unpaired) electrons. The Bertz CT molecular complexity index is 1330. The molecule has 3 aromatic rings. The van der Waals surface area contributed by atoms with E-state index in [0.717, 1.165) is 27.9 Å². The van der Waals surface area contributed by atoms with E-state index in [0.29, 0.717) is 13.0 Å². The molecule has 202 valence electrons. The first-order valence-corrected chi connectivity index (χ1v) is 14.0. The maximum Gasteiger partial charge on any atom is 0.264 e. The molecule has 1 N–H and O–H groups in total. The van der Waals surface area contributed by atoms with Gasteiger partial charge in [-0.25, -0.2) is 12.8 Å². The number of rotatable bonds is 12. The van der Waals surface area contributed by atoms with E-state index >= 15 is 0 Å². The molecule has 0 fully saturated rings. The molecule has 0 spiro atoms. The maximum absolute atomic E-state index is 14.9. The number of para-hydroxylation sites is 1. The molecule has 0 aliphatic heterocycles. The van der Waals surface area contributed by atoms with Crippen LogP contribution >= 0.6 is 0 Å². The maximum atomic E-state index is 14.9. The monoisotopic (exact) mass is 539 g/mol. The summed E-state index contributed by atoms with van der Waals surface area (Å²) in [5.74, 6) is -1.73. The second kappa shape index (κ2) is 13.2. The van der Waals surface area contributed by atoms with Gasteiger partial charge in [-0.1, -0.05) is 67.1 Å². The van der Waals surface area contributed by atoms with E-state index in [2.05, 4.69) is 5.32 Å². The third kappa shape index (κ3) is 7.19. The van der Waals surface area contributed by atoms with Crippen molar-refractivity contribution in [3.63, 3.8) is 0 Å². The van der Waals surface area contributed by atoms with Crippen molar-refractivity contribution in [2.75, 3.05) is 23.9 Å². The van der Waals surface area contributed by atoms with Gasteiger partial charge in [0.1, 0.15) is 18.4 Å². The van der Waals surface area contributed by atoms with Crippen molar-refractivity contribution in [2.45, 2.75) is 44.6 Å². The lowest BCUT2D eigenvalue weighted by Crippen LogP contribution is -2.52. The minimum absolute atomic E-state index is 0.0660. The third-order valence-corrected chi connectivity index (χ3v) is 7.98. The summed E-state index contributed by atoms with van der Waals surface area (Å²) in [6.07, 6.45) is 1.19. The van der Waals surface area contributed by atoms with Crippen LogP contribution in [0.1, 0.15) is 31.4 Å². The van der Waals surface area contributed by atoms with Crippen LogP contribution in [0.3, 0.4) is 0 Å². The van der Waals surface area contributed by atoms with Gasteiger partial charge in [-0.05, 0) is 56.5 Å². The van der Waals surface area contributed by atoms with E-state index < -0.39 is 34.3 Å². The summed E-state index contributed by atoms with van der Waals surface area (Å²) in [5.41, 5.74) is 1.58. The van der Waals surface area contributed by atoms with Crippen LogP contribution in [0.5, 0.6) is 0 Å². The van der Waals surface area contributed by atoms with Crippen LogP contribution in [0, 0.1) is 12.7 Å². The van der Waals surface area contributed by atoms with Crippen LogP contribution in [-0.4, -0.2) is 50.8 Å². The largest absolute Gasteiger partial charge is 0.354 e. The number of aryl methyl sites for hydroxylation is 1. The van der Waals surface area contributed by atoms with E-state index in [1.165, 1.54) is 35.2 Å². The van der Waals surface area contributed by atoms with Crippen LogP contribution in [0.4, 0.5) is 10.1 Å². The number of carbonyl (C=O) groups excluding carboxylic acids is 2. The number of hydrogen-bond acceptors (Lipinski definition) is 4. The van der Waals surface area contributed by atoms with Crippen molar-refractivity contribution >= 4 is 27.5 Å². The van der Waals surface area contributed by atoms with Crippen LogP contribution in [0.2, 0.25) is 0 Å². The number of sulfonamides is 1. The first kappa shape index (κ1) is 28.8. The predicted molar refractivity (Wildman–Crippen MR) is 147 cm³/mol. The molecule has 2 amide bonds. The SMILES string of the molecule is CCCNC(=O)[C@H](C)N(CCc1ccccc1)C(=O)CN(c1ccccc1F)S(=O)(=O)c1ccc(C)cc1. The predicted octanol–water partition coefficient (Wildman–Crippen LogP) is 4.32. The van der Waals surface area contributed by atoms with Crippen LogP contribution in [0.25, 0.3) is 0 Å². The Morgan fingerprint density at radius 2 is 1.58 bits per heavy atom. The molecule has 0 unspecified atom stereocenters. The van der Waals surface area contributed by atoms with Crippen LogP contribution in [-0.2, 0) is 26.0 Å². The third-order valence-electron chi connectivity index (χ3n) is 6.21. The average molecular weight is 540 g/mol. The van der Waals surface area contributed by atoms with Crippen molar-refractivity contribution in [1.82, 2.24) is 10.2 Å². The molecule has 0 aromatic heterocycles. The number of halogens is 1. The second-order valence-electron chi connectivity index (χ2n) is 9.07. The highest BCUT2D eigenvalue weighted by Crippen LogP contribution is 2.27. The van der Waals surface area contributed by atoms with Gasteiger partial charge in [0.15, 0.2) is 0 Å². The summed E-state index contributed by atoms with van der Waals surface area (Å²) in [4.78, 5) is 27.8. The molecule has 0 aliphatic carbocycles. The quantitative estimate of drug-likeness (QED) is 0.372. The standard InChI is InChI=1S/C29H34FN3O4S/c1-4-19-31-29(35)23(3)32(20-18-24-10-6-5-7-11-24)28(34)21-33(27-13-9-8-12-26(27)30)38(36,37)25-16-14-22(2)15-17-25/h5-17,23H,4,18-21H2,1-3H3,(H,31,35)/t23-/m0/s1. The Labute approximate surface area is 224 Å². The smallest absolute Gasteiger partial charge is 0.264 e. The topological polar surface area (TPSA) is 86.8 Å². The van der Waals surface area contributed by atoms with Gasteiger partial charge in [-0.2, -0.15) is 0 Å². The zero-order valence-electron chi connectivity index (χ0n) is 21.9. The number of nitrogens with one attached hydrogen (secondary N) is 1. The number of nitrogens with zero attached hydrogens (tertiary/aromatic N) is 2. The second-order valence-corrected chi connectivity index (χ2v) is 10.9. The van der Waals surface area contributed by atoms with Crippen molar-refractivity contribution < 1.29 is 22.4 Å². The molecule has 9 heteroatoms. The molecule has 0 saturated heterocycles. The molecule has 0 bridgehead atoms. The minimum atomic E-state index is -4.30. The number of carbonyl (C=O) groups is 2. The fourth-order valence-electron chi connectivity index (χ4n) is 3.97. The summed E-state index contributed by atoms with van der Waals surface area (Å²) in [5, 5.41) is 2.80. The summed E-state index contributed by atoms with van der Waals surface area (Å²) >= 11 is 0. The van der Waals surface area contributed by atoms with Crippen molar-refractivity contribution in [3.05, 3.63) is 95.8 Å². The number of amides is 2. The zero-order valence-corrected chi connectivity index (χ0v) is 22.7. The summed E-state index contributed by atoms with van der Waals surface area (Å²) in [6, 6.07) is 20.2. The minimum Gasteiger partial charge on any atom is -0.354 e. The van der Waals surface area contributed by atoms with Gasteiger partial charge in [0.25, 0.3) is 10.0 Å². The van der Waals surface area contributed by atoms with Crippen molar-refractivity contribution in [1.29, 1.82) is 0 Å². The van der Waals surface area contributed by atoms with E-state index in [4.69, 9.17) is 0 Å². The van der Waals surface area contributed by atoms with Gasteiger partial charge in [-0.15, -0.1) is 0 Å². The lowest BCUT2D eigenvalue weighted by Gasteiger charge is -2.32.